The fourth-order valence-electron chi connectivity index (χ4n) is 1.43. The molecule has 0 aromatic heterocycles. The number of aliphatic carboxylic acids is 1. The minimum Gasteiger partial charge on any atom is -0.481 e. The van der Waals surface area contributed by atoms with Crippen LogP contribution in [0.1, 0.15) is 12.0 Å². The van der Waals surface area contributed by atoms with Gasteiger partial charge in [0.25, 0.3) is 0 Å². The lowest BCUT2D eigenvalue weighted by atomic mass is 9.96. The molecule has 1 rings (SSSR count). The highest BCUT2D eigenvalue weighted by Crippen LogP contribution is 2.27. The Morgan fingerprint density at radius 3 is 2.18 bits per heavy atom. The Kier molecular flexibility index (Phi) is 4.09. The summed E-state index contributed by atoms with van der Waals surface area (Å²) in [5.41, 5.74) is 0.364. The topological polar surface area (TPSA) is 37.3 Å². The van der Waals surface area contributed by atoms with Crippen LogP contribution in [0.15, 0.2) is 24.3 Å². The molecule has 0 amide bonds. The van der Waals surface area contributed by atoms with Gasteiger partial charge in [-0.3, -0.25) is 4.79 Å². The van der Waals surface area contributed by atoms with Crippen molar-refractivity contribution >= 4 is 5.97 Å². The average Bonchev–Trinajstić information content (AvgIpc) is 2.18. The van der Waals surface area contributed by atoms with Crippen LogP contribution in [0.3, 0.4) is 0 Å². The number of halogens is 4. The number of carbonyl (C=O) groups is 1. The highest BCUT2D eigenvalue weighted by molar-refractivity contribution is 5.70. The Labute approximate surface area is 94.9 Å². The van der Waals surface area contributed by atoms with E-state index in [0.29, 0.717) is 5.56 Å². The lowest BCUT2D eigenvalue weighted by Crippen LogP contribution is -2.24. The van der Waals surface area contributed by atoms with Gasteiger partial charge in [-0.05, 0) is 24.1 Å². The van der Waals surface area contributed by atoms with E-state index in [9.17, 15) is 22.4 Å². The van der Waals surface area contributed by atoms with E-state index in [1.54, 1.807) is 0 Å². The lowest BCUT2D eigenvalue weighted by Gasteiger charge is -2.14. The van der Waals surface area contributed by atoms with Crippen LogP contribution in [0.2, 0.25) is 0 Å². The zero-order chi connectivity index (χ0) is 13.1. The van der Waals surface area contributed by atoms with E-state index in [-0.39, 0.29) is 6.42 Å². The number of alkyl halides is 3. The van der Waals surface area contributed by atoms with Gasteiger partial charge in [-0.1, -0.05) is 12.1 Å². The summed E-state index contributed by atoms with van der Waals surface area (Å²) in [5, 5.41) is 8.68. The molecule has 2 nitrogen and oxygen atoms in total. The second-order valence-electron chi connectivity index (χ2n) is 3.69. The molecule has 1 N–H and O–H groups in total. The average molecular weight is 250 g/mol. The third-order valence-electron chi connectivity index (χ3n) is 2.22. The van der Waals surface area contributed by atoms with Crippen molar-refractivity contribution in [2.75, 3.05) is 0 Å². The van der Waals surface area contributed by atoms with Crippen LogP contribution in [-0.4, -0.2) is 17.3 Å². The van der Waals surface area contributed by atoms with E-state index < -0.39 is 30.3 Å². The van der Waals surface area contributed by atoms with Crippen LogP contribution >= 0.6 is 0 Å². The van der Waals surface area contributed by atoms with Gasteiger partial charge >= 0.3 is 12.1 Å². The summed E-state index contributed by atoms with van der Waals surface area (Å²) in [7, 11) is 0. The maximum absolute atomic E-state index is 12.6. The zero-order valence-corrected chi connectivity index (χ0v) is 8.67. The van der Waals surface area contributed by atoms with Crippen molar-refractivity contribution in [3.63, 3.8) is 0 Å². The van der Waals surface area contributed by atoms with E-state index in [0.717, 1.165) is 12.1 Å². The van der Waals surface area contributed by atoms with E-state index in [2.05, 4.69) is 0 Å². The quantitative estimate of drug-likeness (QED) is 0.834. The largest absolute Gasteiger partial charge is 0.481 e. The van der Waals surface area contributed by atoms with Gasteiger partial charge in [0.1, 0.15) is 5.82 Å². The van der Waals surface area contributed by atoms with E-state index >= 15 is 0 Å². The Morgan fingerprint density at radius 2 is 1.76 bits per heavy atom. The van der Waals surface area contributed by atoms with Gasteiger partial charge < -0.3 is 5.11 Å². The van der Waals surface area contributed by atoms with Gasteiger partial charge in [-0.15, -0.1) is 0 Å². The van der Waals surface area contributed by atoms with Gasteiger partial charge in [0, 0.05) is 0 Å². The molecule has 0 radical (unpaired) electrons. The first-order valence-electron chi connectivity index (χ1n) is 4.82. The maximum atomic E-state index is 12.6. The number of benzene rings is 1. The van der Waals surface area contributed by atoms with Crippen molar-refractivity contribution in [1.29, 1.82) is 0 Å². The van der Waals surface area contributed by atoms with Crippen LogP contribution in [-0.2, 0) is 11.2 Å². The molecule has 0 fully saturated rings. The summed E-state index contributed by atoms with van der Waals surface area (Å²) >= 11 is 0. The predicted octanol–water partition coefficient (Wildman–Crippen LogP) is 3.02. The Morgan fingerprint density at radius 1 is 1.24 bits per heavy atom. The van der Waals surface area contributed by atoms with Crippen molar-refractivity contribution in [2.45, 2.75) is 19.0 Å². The van der Waals surface area contributed by atoms with Crippen LogP contribution < -0.4 is 0 Å². The number of hydrogen-bond donors (Lipinski definition) is 1. The first-order chi connectivity index (χ1) is 7.78. The van der Waals surface area contributed by atoms with Crippen LogP contribution in [0, 0.1) is 11.7 Å². The molecule has 1 unspecified atom stereocenters. The second kappa shape index (κ2) is 5.16. The van der Waals surface area contributed by atoms with Gasteiger partial charge in [0.05, 0.1) is 12.3 Å². The van der Waals surface area contributed by atoms with Crippen LogP contribution in [0.25, 0.3) is 0 Å². The molecule has 1 atom stereocenters. The SMILES string of the molecule is O=C(O)C(Cc1ccc(F)cc1)CC(F)(F)F. The molecule has 0 aliphatic heterocycles. The highest BCUT2D eigenvalue weighted by Gasteiger charge is 2.35. The van der Waals surface area contributed by atoms with Crippen LogP contribution in [0.5, 0.6) is 0 Å². The standard InChI is InChI=1S/C11H10F4O2/c12-9-3-1-7(2-4-9)5-8(10(16)17)6-11(13,14)15/h1-4,8H,5-6H2,(H,16,17). The van der Waals surface area contributed by atoms with Gasteiger partial charge in [0.15, 0.2) is 0 Å². The maximum Gasteiger partial charge on any atom is 0.389 e. The second-order valence-corrected chi connectivity index (χ2v) is 3.69. The zero-order valence-electron chi connectivity index (χ0n) is 8.67. The molecule has 0 heterocycles. The van der Waals surface area contributed by atoms with Crippen molar-refractivity contribution < 1.29 is 27.5 Å². The molecule has 0 bridgehead atoms. The van der Waals surface area contributed by atoms with Gasteiger partial charge in [-0.2, -0.15) is 13.2 Å². The molecule has 17 heavy (non-hydrogen) atoms. The third-order valence-corrected chi connectivity index (χ3v) is 2.22. The first-order valence-corrected chi connectivity index (χ1v) is 4.82. The monoisotopic (exact) mass is 250 g/mol. The number of rotatable bonds is 4. The normalized spacial score (nSPS) is 13.4. The molecule has 1 aromatic carbocycles. The summed E-state index contributed by atoms with van der Waals surface area (Å²) in [6, 6.07) is 4.73. The summed E-state index contributed by atoms with van der Waals surface area (Å²) in [6.07, 6.45) is -6.18. The van der Waals surface area contributed by atoms with Crippen LogP contribution in [0.4, 0.5) is 17.6 Å². The third kappa shape index (κ3) is 4.84. The molecule has 0 aliphatic carbocycles. The van der Waals surface area contributed by atoms with Gasteiger partial charge in [0.2, 0.25) is 0 Å². The minimum atomic E-state index is -4.52. The number of carboxylic acid groups (broad SMARTS) is 1. The molecule has 94 valence electrons. The van der Waals surface area contributed by atoms with E-state index in [1.807, 2.05) is 0 Å². The van der Waals surface area contributed by atoms with Crippen molar-refractivity contribution in [1.82, 2.24) is 0 Å². The van der Waals surface area contributed by atoms with E-state index in [4.69, 9.17) is 5.11 Å². The molecule has 1 aromatic rings. The first kappa shape index (κ1) is 13.5. The minimum absolute atomic E-state index is 0.269. The fourth-order valence-corrected chi connectivity index (χ4v) is 1.43. The molecule has 0 spiro atoms. The van der Waals surface area contributed by atoms with Crippen molar-refractivity contribution in [3.8, 4) is 0 Å². The Bertz CT molecular complexity index is 383. The smallest absolute Gasteiger partial charge is 0.389 e. The van der Waals surface area contributed by atoms with E-state index in [1.165, 1.54) is 12.1 Å². The molecular formula is C11H10F4O2. The highest BCUT2D eigenvalue weighted by atomic mass is 19.4. The van der Waals surface area contributed by atoms with Crippen molar-refractivity contribution in [3.05, 3.63) is 35.6 Å². The van der Waals surface area contributed by atoms with Gasteiger partial charge in [-0.25, -0.2) is 4.39 Å². The molecule has 0 aliphatic rings. The molecule has 6 heteroatoms. The molecule has 0 saturated carbocycles. The summed E-state index contributed by atoms with van der Waals surface area (Å²) in [4.78, 5) is 10.7. The lowest BCUT2D eigenvalue weighted by molar-refractivity contribution is -0.163. The number of hydrogen-bond acceptors (Lipinski definition) is 1. The summed E-state index contributed by atoms with van der Waals surface area (Å²) in [6.45, 7) is 0. The Hall–Kier alpha value is -1.59. The fraction of sp³-hybridized carbons (Fsp3) is 0.364. The predicted molar refractivity (Wildman–Crippen MR) is 51.9 cm³/mol. The summed E-state index contributed by atoms with van der Waals surface area (Å²) in [5.74, 6) is -3.57. The number of carboxylic acids is 1. The molecular weight excluding hydrogens is 240 g/mol. The summed E-state index contributed by atoms with van der Waals surface area (Å²) < 4.78 is 48.9. The molecule has 0 saturated heterocycles. The Balaban J connectivity index is 2.73. The van der Waals surface area contributed by atoms with Crippen molar-refractivity contribution in [2.24, 2.45) is 5.92 Å².